The first kappa shape index (κ1) is 14.3. The maximum Gasteiger partial charge on any atom is 0.317 e. The first-order valence-electron chi connectivity index (χ1n) is 6.54. The molecule has 1 atom stereocenters. The van der Waals surface area contributed by atoms with Gasteiger partial charge >= 0.3 is 12.0 Å². The van der Waals surface area contributed by atoms with Gasteiger partial charge < -0.3 is 15.3 Å². The molecular formula is C12H20N2O4S. The maximum atomic E-state index is 12.1. The van der Waals surface area contributed by atoms with Gasteiger partial charge in [-0.2, -0.15) is 0 Å². The molecule has 0 aromatic carbocycles. The van der Waals surface area contributed by atoms with Crippen LogP contribution in [0.1, 0.15) is 26.2 Å². The second kappa shape index (κ2) is 5.48. The summed E-state index contributed by atoms with van der Waals surface area (Å²) >= 11 is 0. The number of aliphatic carboxylic acids is 1. The Kier molecular flexibility index (Phi) is 4.13. The van der Waals surface area contributed by atoms with Crippen molar-refractivity contribution in [1.29, 1.82) is 0 Å². The Morgan fingerprint density at radius 3 is 2.53 bits per heavy atom. The lowest BCUT2D eigenvalue weighted by molar-refractivity contribution is -0.147. The molecule has 6 nitrogen and oxygen atoms in total. The molecule has 0 radical (unpaired) electrons. The molecule has 2 N–H and O–H groups in total. The maximum absolute atomic E-state index is 12.1. The molecule has 0 spiro atoms. The summed E-state index contributed by atoms with van der Waals surface area (Å²) < 4.78 is 11.2. The number of nitrogens with zero attached hydrogens (tertiary/aromatic N) is 1. The highest BCUT2D eigenvalue weighted by atomic mass is 32.2. The van der Waals surface area contributed by atoms with E-state index in [0.717, 1.165) is 12.8 Å². The molecule has 0 aromatic rings. The number of rotatable bonds is 2. The lowest BCUT2D eigenvalue weighted by atomic mass is 9.90. The predicted octanol–water partition coefficient (Wildman–Crippen LogP) is 0.404. The van der Waals surface area contributed by atoms with E-state index in [0.29, 0.717) is 24.5 Å². The van der Waals surface area contributed by atoms with Crippen LogP contribution >= 0.6 is 0 Å². The normalized spacial score (nSPS) is 35.1. The van der Waals surface area contributed by atoms with Gasteiger partial charge in [0.15, 0.2) is 0 Å². The zero-order valence-corrected chi connectivity index (χ0v) is 11.9. The van der Waals surface area contributed by atoms with Gasteiger partial charge in [-0.05, 0) is 26.2 Å². The van der Waals surface area contributed by atoms with Crippen LogP contribution in [-0.2, 0) is 15.6 Å². The van der Waals surface area contributed by atoms with Crippen molar-refractivity contribution >= 4 is 22.8 Å². The molecule has 2 heterocycles. The van der Waals surface area contributed by atoms with Crippen LogP contribution in [0.5, 0.6) is 0 Å². The first-order valence-corrected chi connectivity index (χ1v) is 8.03. The minimum atomic E-state index is -0.851. The van der Waals surface area contributed by atoms with Crippen LogP contribution in [-0.4, -0.2) is 56.9 Å². The Balaban J connectivity index is 1.85. The summed E-state index contributed by atoms with van der Waals surface area (Å²) in [5.41, 5.74) is -0.828. The number of carbonyl (C=O) groups is 2. The van der Waals surface area contributed by atoms with Crippen molar-refractivity contribution in [3.63, 3.8) is 0 Å². The average Bonchev–Trinajstić information content (AvgIpc) is 2.76. The molecule has 7 heteroatoms. The smallest absolute Gasteiger partial charge is 0.317 e. The zero-order chi connectivity index (χ0) is 14.0. The van der Waals surface area contributed by atoms with Gasteiger partial charge in [-0.3, -0.25) is 9.00 Å². The van der Waals surface area contributed by atoms with Crippen molar-refractivity contribution in [2.24, 2.45) is 5.41 Å². The lowest BCUT2D eigenvalue weighted by Crippen LogP contribution is -2.47. The van der Waals surface area contributed by atoms with Crippen molar-refractivity contribution < 1.29 is 18.9 Å². The first-order chi connectivity index (χ1) is 8.90. The number of carboxylic acid groups (broad SMARTS) is 1. The minimum absolute atomic E-state index is 0.0712. The van der Waals surface area contributed by atoms with Gasteiger partial charge in [0, 0.05) is 41.4 Å². The molecule has 1 unspecified atom stereocenters. The predicted molar refractivity (Wildman–Crippen MR) is 71.4 cm³/mol. The monoisotopic (exact) mass is 288 g/mol. The molecule has 2 rings (SSSR count). The van der Waals surface area contributed by atoms with Crippen molar-refractivity contribution in [3.8, 4) is 0 Å². The van der Waals surface area contributed by atoms with E-state index in [1.807, 2.05) is 0 Å². The molecule has 19 heavy (non-hydrogen) atoms. The molecule has 2 fully saturated rings. The fourth-order valence-corrected chi connectivity index (χ4v) is 3.81. The van der Waals surface area contributed by atoms with E-state index < -0.39 is 22.2 Å². The highest BCUT2D eigenvalue weighted by Crippen LogP contribution is 2.30. The molecule has 108 valence electrons. The fraction of sp³-hybridized carbons (Fsp3) is 0.833. The standard InChI is InChI=1S/C12H20N2O4S/c1-12(10(15)16)4-5-14(8-12)11(17)13-9-2-6-19(18)7-3-9/h9H,2-8H2,1H3,(H,13,17)(H,15,16). The third kappa shape index (κ3) is 3.26. The third-order valence-corrected chi connectivity index (χ3v) is 5.37. The van der Waals surface area contributed by atoms with E-state index in [2.05, 4.69) is 5.32 Å². The summed E-state index contributed by atoms with van der Waals surface area (Å²) in [6.45, 7) is 2.41. The molecule has 2 aliphatic rings. The Bertz CT molecular complexity index is 405. The molecule has 0 saturated carbocycles. The second-order valence-corrected chi connectivity index (χ2v) is 7.31. The lowest BCUT2D eigenvalue weighted by Gasteiger charge is -2.26. The van der Waals surface area contributed by atoms with Crippen LogP contribution in [0.3, 0.4) is 0 Å². The van der Waals surface area contributed by atoms with Gasteiger partial charge in [-0.15, -0.1) is 0 Å². The van der Waals surface area contributed by atoms with Crippen LogP contribution in [0.25, 0.3) is 0 Å². The van der Waals surface area contributed by atoms with E-state index in [-0.39, 0.29) is 18.6 Å². The van der Waals surface area contributed by atoms with E-state index in [4.69, 9.17) is 5.11 Å². The number of urea groups is 1. The van der Waals surface area contributed by atoms with E-state index in [9.17, 15) is 13.8 Å². The van der Waals surface area contributed by atoms with Gasteiger partial charge in [-0.1, -0.05) is 0 Å². The quantitative estimate of drug-likeness (QED) is 0.770. The van der Waals surface area contributed by atoms with Crippen LogP contribution in [0.2, 0.25) is 0 Å². The molecule has 0 aromatic heterocycles. The molecule has 0 bridgehead atoms. The van der Waals surface area contributed by atoms with Gasteiger partial charge in [0.1, 0.15) is 0 Å². The van der Waals surface area contributed by atoms with Crippen LogP contribution < -0.4 is 5.32 Å². The van der Waals surface area contributed by atoms with Gasteiger partial charge in [0.2, 0.25) is 0 Å². The molecular weight excluding hydrogens is 268 g/mol. The molecule has 0 aliphatic carbocycles. The molecule has 2 amide bonds. The van der Waals surface area contributed by atoms with Crippen LogP contribution in [0.4, 0.5) is 4.79 Å². The van der Waals surface area contributed by atoms with Crippen molar-refractivity contribution in [2.75, 3.05) is 24.6 Å². The molecule has 2 saturated heterocycles. The number of carbonyl (C=O) groups excluding carboxylic acids is 1. The largest absolute Gasteiger partial charge is 0.481 e. The highest BCUT2D eigenvalue weighted by Gasteiger charge is 2.42. The Morgan fingerprint density at radius 1 is 1.37 bits per heavy atom. The number of hydrogen-bond acceptors (Lipinski definition) is 3. The number of amides is 2. The summed E-state index contributed by atoms with van der Waals surface area (Å²) in [6, 6.07) is -0.121. The van der Waals surface area contributed by atoms with E-state index in [1.165, 1.54) is 0 Å². The summed E-state index contributed by atoms with van der Waals surface area (Å²) in [7, 11) is -0.739. The van der Waals surface area contributed by atoms with Gasteiger partial charge in [-0.25, -0.2) is 4.79 Å². The average molecular weight is 288 g/mol. The SMILES string of the molecule is CC1(C(=O)O)CCN(C(=O)NC2CCS(=O)CC2)C1. The Morgan fingerprint density at radius 2 is 2.00 bits per heavy atom. The number of likely N-dealkylation sites (tertiary alicyclic amines) is 1. The third-order valence-electron chi connectivity index (χ3n) is 3.99. The number of hydrogen-bond donors (Lipinski definition) is 2. The second-order valence-electron chi connectivity index (χ2n) is 5.61. The van der Waals surface area contributed by atoms with Crippen molar-refractivity contribution in [2.45, 2.75) is 32.2 Å². The number of nitrogens with one attached hydrogen (secondary N) is 1. The fourth-order valence-electron chi connectivity index (χ4n) is 2.51. The molecule has 2 aliphatic heterocycles. The topological polar surface area (TPSA) is 86.7 Å². The highest BCUT2D eigenvalue weighted by molar-refractivity contribution is 7.85. The summed E-state index contributed by atoms with van der Waals surface area (Å²) in [6.07, 6.45) is 1.97. The van der Waals surface area contributed by atoms with Gasteiger partial charge in [0.05, 0.1) is 5.41 Å². The van der Waals surface area contributed by atoms with Crippen LogP contribution in [0.15, 0.2) is 0 Å². The van der Waals surface area contributed by atoms with Crippen molar-refractivity contribution in [3.05, 3.63) is 0 Å². The summed E-state index contributed by atoms with van der Waals surface area (Å²) in [5.74, 6) is 0.422. The Hall–Kier alpha value is -1.11. The zero-order valence-electron chi connectivity index (χ0n) is 11.1. The van der Waals surface area contributed by atoms with Crippen molar-refractivity contribution in [1.82, 2.24) is 10.2 Å². The van der Waals surface area contributed by atoms with Gasteiger partial charge in [0.25, 0.3) is 0 Å². The number of carboxylic acids is 1. The minimum Gasteiger partial charge on any atom is -0.481 e. The summed E-state index contributed by atoms with van der Waals surface area (Å²) in [4.78, 5) is 24.7. The van der Waals surface area contributed by atoms with Crippen LogP contribution in [0, 0.1) is 5.41 Å². The van der Waals surface area contributed by atoms with E-state index >= 15 is 0 Å². The summed E-state index contributed by atoms with van der Waals surface area (Å²) in [5, 5.41) is 12.0. The Labute approximate surface area is 115 Å². The van der Waals surface area contributed by atoms with E-state index in [1.54, 1.807) is 11.8 Å².